The molecule has 7 nitrogen and oxygen atoms in total. The van der Waals surface area contributed by atoms with Crippen LogP contribution in [0.3, 0.4) is 0 Å². The van der Waals surface area contributed by atoms with Crippen LogP contribution < -0.4 is 11.1 Å². The Bertz CT molecular complexity index is 425. The standard InChI is InChI=1S/C12H22N4O3/c1-7(2)10-14-9(13)8(3)11(15-10)16-12(4-17,5-18)6-19/h7,17-19H,4-6H2,1-3H3,(H3,13,14,15,16). The first kappa shape index (κ1) is 15.6. The lowest BCUT2D eigenvalue weighted by molar-refractivity contribution is 0.0830. The van der Waals surface area contributed by atoms with E-state index < -0.39 is 25.4 Å². The summed E-state index contributed by atoms with van der Waals surface area (Å²) in [5.74, 6) is 1.40. The SMILES string of the molecule is Cc1c(N)nc(C(C)C)nc1NC(CO)(CO)CO. The lowest BCUT2D eigenvalue weighted by Crippen LogP contribution is -2.49. The van der Waals surface area contributed by atoms with Crippen molar-refractivity contribution in [3.05, 3.63) is 11.4 Å². The predicted octanol–water partition coefficient (Wildman–Crippen LogP) is -0.382. The summed E-state index contributed by atoms with van der Waals surface area (Å²) < 4.78 is 0. The maximum atomic E-state index is 9.32. The molecule has 0 aromatic carbocycles. The molecule has 0 spiro atoms. The monoisotopic (exact) mass is 270 g/mol. The van der Waals surface area contributed by atoms with E-state index in [1.54, 1.807) is 6.92 Å². The van der Waals surface area contributed by atoms with Crippen LogP contribution in [0, 0.1) is 6.92 Å². The van der Waals surface area contributed by atoms with Gasteiger partial charge in [-0.15, -0.1) is 0 Å². The summed E-state index contributed by atoms with van der Waals surface area (Å²) in [6.07, 6.45) is 0. The van der Waals surface area contributed by atoms with E-state index in [2.05, 4.69) is 15.3 Å². The van der Waals surface area contributed by atoms with Crippen molar-refractivity contribution in [2.45, 2.75) is 32.2 Å². The molecule has 0 unspecified atom stereocenters. The first-order valence-electron chi connectivity index (χ1n) is 6.14. The average Bonchev–Trinajstić information content (AvgIpc) is 2.40. The molecule has 0 fully saturated rings. The summed E-state index contributed by atoms with van der Waals surface area (Å²) in [7, 11) is 0. The summed E-state index contributed by atoms with van der Waals surface area (Å²) in [4.78, 5) is 8.51. The molecule has 7 heteroatoms. The molecule has 1 aromatic rings. The normalized spacial score (nSPS) is 11.9. The van der Waals surface area contributed by atoms with Gasteiger partial charge in [-0.2, -0.15) is 0 Å². The van der Waals surface area contributed by atoms with Crippen LogP contribution in [0.1, 0.15) is 31.2 Å². The number of anilines is 2. The second-order valence-electron chi connectivity index (χ2n) is 4.98. The molecule has 0 saturated carbocycles. The van der Waals surface area contributed by atoms with Gasteiger partial charge in [-0.1, -0.05) is 13.8 Å². The zero-order chi connectivity index (χ0) is 14.6. The number of hydrogen-bond acceptors (Lipinski definition) is 7. The highest BCUT2D eigenvalue weighted by Crippen LogP contribution is 2.23. The summed E-state index contributed by atoms with van der Waals surface area (Å²) in [5, 5.41) is 30.8. The molecule has 1 rings (SSSR count). The molecule has 1 heterocycles. The molecular formula is C12H22N4O3. The topological polar surface area (TPSA) is 125 Å². The molecule has 0 aliphatic carbocycles. The molecule has 0 bridgehead atoms. The number of hydrogen-bond donors (Lipinski definition) is 5. The van der Waals surface area contributed by atoms with Crippen molar-refractivity contribution in [3.8, 4) is 0 Å². The van der Waals surface area contributed by atoms with Crippen LogP contribution in [0.5, 0.6) is 0 Å². The van der Waals surface area contributed by atoms with E-state index in [4.69, 9.17) is 5.73 Å². The van der Waals surface area contributed by atoms with E-state index in [1.807, 2.05) is 13.8 Å². The van der Waals surface area contributed by atoms with Crippen LogP contribution in [0.4, 0.5) is 11.6 Å². The molecule has 0 aliphatic rings. The van der Waals surface area contributed by atoms with Crippen molar-refractivity contribution < 1.29 is 15.3 Å². The summed E-state index contributed by atoms with van der Waals surface area (Å²) in [5.41, 5.74) is 5.20. The van der Waals surface area contributed by atoms with E-state index in [0.717, 1.165) is 0 Å². The molecule has 6 N–H and O–H groups in total. The number of aliphatic hydroxyl groups is 3. The second kappa shape index (κ2) is 6.14. The molecule has 108 valence electrons. The fraction of sp³-hybridized carbons (Fsp3) is 0.667. The van der Waals surface area contributed by atoms with Crippen molar-refractivity contribution in [2.75, 3.05) is 30.9 Å². The van der Waals surface area contributed by atoms with Crippen LogP contribution in [0.25, 0.3) is 0 Å². The number of nitrogens with zero attached hydrogens (tertiary/aromatic N) is 2. The predicted molar refractivity (Wildman–Crippen MR) is 72.9 cm³/mol. The van der Waals surface area contributed by atoms with Crippen LogP contribution in [0.2, 0.25) is 0 Å². The van der Waals surface area contributed by atoms with E-state index in [1.165, 1.54) is 0 Å². The van der Waals surface area contributed by atoms with E-state index in [-0.39, 0.29) is 5.92 Å². The number of aromatic nitrogens is 2. The third-order valence-corrected chi connectivity index (χ3v) is 3.01. The molecule has 1 aromatic heterocycles. The third-order valence-electron chi connectivity index (χ3n) is 3.01. The fourth-order valence-electron chi connectivity index (χ4n) is 1.45. The van der Waals surface area contributed by atoms with Gasteiger partial charge in [0.05, 0.1) is 19.8 Å². The Hall–Kier alpha value is -1.44. The molecule has 0 atom stereocenters. The Morgan fingerprint density at radius 2 is 1.68 bits per heavy atom. The smallest absolute Gasteiger partial charge is 0.135 e. The minimum Gasteiger partial charge on any atom is -0.394 e. The van der Waals surface area contributed by atoms with Gasteiger partial charge in [-0.25, -0.2) is 9.97 Å². The van der Waals surface area contributed by atoms with Crippen molar-refractivity contribution in [1.29, 1.82) is 0 Å². The van der Waals surface area contributed by atoms with Crippen molar-refractivity contribution >= 4 is 11.6 Å². The highest BCUT2D eigenvalue weighted by Gasteiger charge is 2.29. The van der Waals surface area contributed by atoms with Crippen LogP contribution in [-0.4, -0.2) is 50.6 Å². The van der Waals surface area contributed by atoms with E-state index in [0.29, 0.717) is 23.0 Å². The molecule has 0 saturated heterocycles. The fourth-order valence-corrected chi connectivity index (χ4v) is 1.45. The van der Waals surface area contributed by atoms with Crippen LogP contribution >= 0.6 is 0 Å². The quantitative estimate of drug-likeness (QED) is 0.477. The number of nitrogens with one attached hydrogen (secondary N) is 1. The number of nitrogens with two attached hydrogens (primary N) is 1. The van der Waals surface area contributed by atoms with Crippen molar-refractivity contribution in [3.63, 3.8) is 0 Å². The largest absolute Gasteiger partial charge is 0.394 e. The van der Waals surface area contributed by atoms with E-state index >= 15 is 0 Å². The number of rotatable bonds is 6. The number of aliphatic hydroxyl groups excluding tert-OH is 3. The Balaban J connectivity index is 3.19. The van der Waals surface area contributed by atoms with Crippen molar-refractivity contribution in [1.82, 2.24) is 9.97 Å². The van der Waals surface area contributed by atoms with Gasteiger partial charge in [0.1, 0.15) is 23.0 Å². The molecule has 0 radical (unpaired) electrons. The highest BCUT2D eigenvalue weighted by molar-refractivity contribution is 5.56. The Morgan fingerprint density at radius 3 is 2.11 bits per heavy atom. The molecule has 0 aliphatic heterocycles. The van der Waals surface area contributed by atoms with Gasteiger partial charge in [-0.05, 0) is 6.92 Å². The highest BCUT2D eigenvalue weighted by atomic mass is 16.3. The van der Waals surface area contributed by atoms with Crippen LogP contribution in [0.15, 0.2) is 0 Å². The van der Waals surface area contributed by atoms with Crippen molar-refractivity contribution in [2.24, 2.45) is 0 Å². The maximum Gasteiger partial charge on any atom is 0.135 e. The molecule has 19 heavy (non-hydrogen) atoms. The van der Waals surface area contributed by atoms with Gasteiger partial charge in [0.2, 0.25) is 0 Å². The molecular weight excluding hydrogens is 248 g/mol. The second-order valence-corrected chi connectivity index (χ2v) is 4.98. The third kappa shape index (κ3) is 3.31. The Labute approximate surface area is 112 Å². The van der Waals surface area contributed by atoms with E-state index in [9.17, 15) is 15.3 Å². The Kier molecular flexibility index (Phi) is 5.04. The minimum atomic E-state index is -1.24. The average molecular weight is 270 g/mol. The zero-order valence-electron chi connectivity index (χ0n) is 11.5. The minimum absolute atomic E-state index is 0.0928. The first-order chi connectivity index (χ1) is 8.89. The van der Waals surface area contributed by atoms with Gasteiger partial charge >= 0.3 is 0 Å². The van der Waals surface area contributed by atoms with Gasteiger partial charge in [0.15, 0.2) is 0 Å². The lowest BCUT2D eigenvalue weighted by atomic mass is 10.0. The summed E-state index contributed by atoms with van der Waals surface area (Å²) in [6, 6.07) is 0. The van der Waals surface area contributed by atoms with Crippen LogP contribution in [-0.2, 0) is 0 Å². The number of nitrogen functional groups attached to an aromatic ring is 1. The summed E-state index contributed by atoms with van der Waals surface area (Å²) in [6.45, 7) is 4.32. The molecule has 0 amide bonds. The zero-order valence-corrected chi connectivity index (χ0v) is 11.5. The van der Waals surface area contributed by atoms with Gasteiger partial charge in [0, 0.05) is 11.5 Å². The van der Waals surface area contributed by atoms with Gasteiger partial charge in [-0.3, -0.25) is 0 Å². The first-order valence-corrected chi connectivity index (χ1v) is 6.14. The van der Waals surface area contributed by atoms with Gasteiger partial charge < -0.3 is 26.4 Å². The lowest BCUT2D eigenvalue weighted by Gasteiger charge is -2.30. The maximum absolute atomic E-state index is 9.32. The summed E-state index contributed by atoms with van der Waals surface area (Å²) >= 11 is 0. The Morgan fingerprint density at radius 1 is 1.16 bits per heavy atom. The van der Waals surface area contributed by atoms with Gasteiger partial charge in [0.25, 0.3) is 0 Å².